The minimum atomic E-state index is -0.0803. The second-order valence-corrected chi connectivity index (χ2v) is 7.54. The Labute approximate surface area is 165 Å². The van der Waals surface area contributed by atoms with Crippen LogP contribution in [0.5, 0.6) is 0 Å². The predicted molar refractivity (Wildman–Crippen MR) is 108 cm³/mol. The monoisotopic (exact) mass is 386 g/mol. The van der Waals surface area contributed by atoms with Gasteiger partial charge in [-0.25, -0.2) is 9.48 Å². The third-order valence-electron chi connectivity index (χ3n) is 5.39. The number of hydrogen-bond acceptors (Lipinski definition) is 4. The van der Waals surface area contributed by atoms with E-state index >= 15 is 0 Å². The van der Waals surface area contributed by atoms with Gasteiger partial charge in [0.25, 0.3) is 5.91 Å². The molecule has 1 fully saturated rings. The van der Waals surface area contributed by atoms with E-state index in [-0.39, 0.29) is 17.5 Å². The van der Waals surface area contributed by atoms with Crippen LogP contribution in [-0.2, 0) is 17.8 Å². The molecule has 1 aromatic carbocycles. The van der Waals surface area contributed by atoms with Crippen molar-refractivity contribution in [1.29, 1.82) is 0 Å². The first-order valence-corrected chi connectivity index (χ1v) is 9.98. The van der Waals surface area contributed by atoms with Gasteiger partial charge in [-0.1, -0.05) is 17.2 Å². The van der Waals surface area contributed by atoms with Gasteiger partial charge in [-0.2, -0.15) is 5.10 Å². The zero-order valence-electron chi connectivity index (χ0n) is 17.3. The Hall–Kier alpha value is -2.41. The van der Waals surface area contributed by atoms with Crippen molar-refractivity contribution >= 4 is 5.91 Å². The highest BCUT2D eigenvalue weighted by Crippen LogP contribution is 2.27. The van der Waals surface area contributed by atoms with Crippen LogP contribution in [0.4, 0.5) is 0 Å². The van der Waals surface area contributed by atoms with Gasteiger partial charge in [-0.15, -0.1) is 0 Å². The SMILES string of the molecule is CCn1c(C2CCN(C(=O)c3cc(C)cc(C)c3)CC2)nn(CCOC)c1=O. The number of carbonyl (C=O) groups is 1. The molecule has 1 aliphatic rings. The van der Waals surface area contributed by atoms with E-state index in [1.165, 1.54) is 4.68 Å². The highest BCUT2D eigenvalue weighted by Gasteiger charge is 2.28. The van der Waals surface area contributed by atoms with Gasteiger partial charge in [0.05, 0.1) is 13.2 Å². The molecule has 3 rings (SSSR count). The highest BCUT2D eigenvalue weighted by molar-refractivity contribution is 5.94. The average Bonchev–Trinajstić information content (AvgIpc) is 3.00. The molecule has 7 nitrogen and oxygen atoms in total. The van der Waals surface area contributed by atoms with E-state index < -0.39 is 0 Å². The van der Waals surface area contributed by atoms with E-state index in [0.717, 1.165) is 35.4 Å². The van der Waals surface area contributed by atoms with Crippen molar-refractivity contribution in [2.24, 2.45) is 0 Å². The summed E-state index contributed by atoms with van der Waals surface area (Å²) in [7, 11) is 1.62. The molecule has 7 heteroatoms. The normalized spacial score (nSPS) is 15.2. The maximum absolute atomic E-state index is 12.9. The maximum Gasteiger partial charge on any atom is 0.345 e. The summed E-state index contributed by atoms with van der Waals surface area (Å²) in [6.45, 7) is 8.87. The van der Waals surface area contributed by atoms with Crippen molar-refractivity contribution in [2.45, 2.75) is 52.6 Å². The van der Waals surface area contributed by atoms with E-state index in [1.54, 1.807) is 11.7 Å². The van der Waals surface area contributed by atoms with Crippen molar-refractivity contribution < 1.29 is 9.53 Å². The van der Waals surface area contributed by atoms with Gasteiger partial charge in [0, 0.05) is 38.2 Å². The third-order valence-corrected chi connectivity index (χ3v) is 5.39. The summed E-state index contributed by atoms with van der Waals surface area (Å²) >= 11 is 0. The van der Waals surface area contributed by atoms with Crippen molar-refractivity contribution in [3.8, 4) is 0 Å². The summed E-state index contributed by atoms with van der Waals surface area (Å²) < 4.78 is 8.32. The Morgan fingerprint density at radius 2 is 1.82 bits per heavy atom. The molecule has 1 saturated heterocycles. The van der Waals surface area contributed by atoms with Crippen molar-refractivity contribution in [2.75, 3.05) is 26.8 Å². The second kappa shape index (κ2) is 8.73. The molecule has 152 valence electrons. The number of benzene rings is 1. The standard InChI is InChI=1S/C21H30N4O3/c1-5-24-19(22-25(21(24)27)10-11-28-4)17-6-8-23(9-7-17)20(26)18-13-15(2)12-16(3)14-18/h12-14,17H,5-11H2,1-4H3. The van der Waals surface area contributed by atoms with Gasteiger partial charge < -0.3 is 9.64 Å². The Kier molecular flexibility index (Phi) is 6.34. The van der Waals surface area contributed by atoms with Gasteiger partial charge in [0.15, 0.2) is 0 Å². The topological polar surface area (TPSA) is 69.4 Å². The number of nitrogens with zero attached hydrogens (tertiary/aromatic N) is 4. The lowest BCUT2D eigenvalue weighted by molar-refractivity contribution is 0.0710. The lowest BCUT2D eigenvalue weighted by Crippen LogP contribution is -2.38. The van der Waals surface area contributed by atoms with E-state index in [4.69, 9.17) is 4.74 Å². The first-order chi connectivity index (χ1) is 13.4. The van der Waals surface area contributed by atoms with E-state index in [1.807, 2.05) is 37.8 Å². The van der Waals surface area contributed by atoms with Crippen LogP contribution < -0.4 is 5.69 Å². The Bertz CT molecular complexity index is 871. The van der Waals surface area contributed by atoms with Gasteiger partial charge in [0.1, 0.15) is 5.82 Å². The summed E-state index contributed by atoms with van der Waals surface area (Å²) in [6, 6.07) is 5.98. The molecule has 0 aliphatic carbocycles. The van der Waals surface area contributed by atoms with Crippen molar-refractivity contribution in [3.63, 3.8) is 0 Å². The number of aryl methyl sites for hydroxylation is 2. The van der Waals surface area contributed by atoms with Crippen LogP contribution in [0, 0.1) is 13.8 Å². The molecule has 2 heterocycles. The molecule has 1 aromatic heterocycles. The van der Waals surface area contributed by atoms with Gasteiger partial charge in [-0.05, 0) is 45.7 Å². The number of carbonyl (C=O) groups excluding carboxylic acids is 1. The zero-order chi connectivity index (χ0) is 20.3. The van der Waals surface area contributed by atoms with Gasteiger partial charge in [0.2, 0.25) is 0 Å². The minimum Gasteiger partial charge on any atom is -0.383 e. The second-order valence-electron chi connectivity index (χ2n) is 7.54. The lowest BCUT2D eigenvalue weighted by atomic mass is 9.95. The van der Waals surface area contributed by atoms with Crippen molar-refractivity contribution in [1.82, 2.24) is 19.2 Å². The number of piperidine rings is 1. The number of methoxy groups -OCH3 is 1. The molecule has 0 radical (unpaired) electrons. The first kappa shape index (κ1) is 20.3. The largest absolute Gasteiger partial charge is 0.383 e. The number of rotatable bonds is 6. The zero-order valence-corrected chi connectivity index (χ0v) is 17.3. The van der Waals surface area contributed by atoms with Crippen LogP contribution >= 0.6 is 0 Å². The smallest absolute Gasteiger partial charge is 0.345 e. The molecule has 1 aliphatic heterocycles. The molecular weight excluding hydrogens is 356 g/mol. The quantitative estimate of drug-likeness (QED) is 0.764. The molecule has 28 heavy (non-hydrogen) atoms. The van der Waals surface area contributed by atoms with E-state index in [2.05, 4.69) is 11.2 Å². The fourth-order valence-electron chi connectivity index (χ4n) is 4.00. The van der Waals surface area contributed by atoms with E-state index in [9.17, 15) is 9.59 Å². The van der Waals surface area contributed by atoms with Crippen molar-refractivity contribution in [3.05, 3.63) is 51.2 Å². The van der Waals surface area contributed by atoms with Gasteiger partial charge in [-0.3, -0.25) is 9.36 Å². The van der Waals surface area contributed by atoms with E-state index in [0.29, 0.717) is 32.8 Å². The lowest BCUT2D eigenvalue weighted by Gasteiger charge is -2.31. The molecule has 0 unspecified atom stereocenters. The number of hydrogen-bond donors (Lipinski definition) is 0. The van der Waals surface area contributed by atoms with Crippen LogP contribution in [0.3, 0.4) is 0 Å². The summed E-state index contributed by atoms with van der Waals surface area (Å²) in [4.78, 5) is 27.3. The summed E-state index contributed by atoms with van der Waals surface area (Å²) in [5.41, 5.74) is 2.88. The summed E-state index contributed by atoms with van der Waals surface area (Å²) in [5, 5.41) is 4.58. The first-order valence-electron chi connectivity index (χ1n) is 9.98. The van der Waals surface area contributed by atoms with Crippen LogP contribution in [0.1, 0.15) is 53.0 Å². The molecule has 0 bridgehead atoms. The Balaban J connectivity index is 1.71. The Morgan fingerprint density at radius 1 is 1.18 bits per heavy atom. The summed E-state index contributed by atoms with van der Waals surface area (Å²) in [5.74, 6) is 1.12. The fourth-order valence-corrected chi connectivity index (χ4v) is 4.00. The average molecular weight is 386 g/mol. The van der Waals surface area contributed by atoms with Crippen LogP contribution in [-0.4, -0.2) is 52.0 Å². The molecule has 0 spiro atoms. The molecule has 0 N–H and O–H groups in total. The molecule has 1 amide bonds. The molecule has 0 saturated carbocycles. The fraction of sp³-hybridized carbons (Fsp3) is 0.571. The molecule has 0 atom stereocenters. The van der Waals surface area contributed by atoms with Crippen LogP contribution in [0.2, 0.25) is 0 Å². The predicted octanol–water partition coefficient (Wildman–Crippen LogP) is 2.35. The summed E-state index contributed by atoms with van der Waals surface area (Å²) in [6.07, 6.45) is 1.63. The van der Waals surface area contributed by atoms with Crippen LogP contribution in [0.25, 0.3) is 0 Å². The number of ether oxygens (including phenoxy) is 1. The van der Waals surface area contributed by atoms with Crippen LogP contribution in [0.15, 0.2) is 23.0 Å². The highest BCUT2D eigenvalue weighted by atomic mass is 16.5. The number of aromatic nitrogens is 3. The maximum atomic E-state index is 12.9. The molecule has 2 aromatic rings. The Morgan fingerprint density at radius 3 is 2.39 bits per heavy atom. The van der Waals surface area contributed by atoms with Gasteiger partial charge >= 0.3 is 5.69 Å². The third kappa shape index (κ3) is 4.19. The number of likely N-dealkylation sites (tertiary alicyclic amines) is 1. The molecular formula is C21H30N4O3. The number of amides is 1. The minimum absolute atomic E-state index is 0.0803.